The molecule has 0 aliphatic carbocycles. The topological polar surface area (TPSA) is 62.9 Å². The third kappa shape index (κ3) is 3.44. The van der Waals surface area contributed by atoms with Crippen LogP contribution in [0.1, 0.15) is 16.8 Å². The Morgan fingerprint density at radius 1 is 1.20 bits per heavy atom. The van der Waals surface area contributed by atoms with Crippen LogP contribution in [-0.4, -0.2) is 34.2 Å². The normalized spacial score (nSPS) is 14.7. The maximum atomic E-state index is 13.2. The number of fused-ring (bicyclic) bond motifs is 1. The first-order chi connectivity index (χ1) is 14.5. The van der Waals surface area contributed by atoms with E-state index in [4.69, 9.17) is 11.6 Å². The van der Waals surface area contributed by atoms with Gasteiger partial charge in [-0.2, -0.15) is 10.2 Å². The van der Waals surface area contributed by atoms with Gasteiger partial charge in [0.1, 0.15) is 11.0 Å². The Balaban J connectivity index is 1.67. The van der Waals surface area contributed by atoms with Crippen molar-refractivity contribution in [3.63, 3.8) is 0 Å². The molecule has 1 aliphatic rings. The van der Waals surface area contributed by atoms with Crippen molar-refractivity contribution < 1.29 is 9.18 Å². The van der Waals surface area contributed by atoms with Gasteiger partial charge in [-0.25, -0.2) is 9.07 Å². The van der Waals surface area contributed by atoms with E-state index in [1.165, 1.54) is 23.0 Å². The molecule has 0 atom stereocenters. The van der Waals surface area contributed by atoms with Gasteiger partial charge >= 0.3 is 0 Å². The number of para-hydroxylation sites is 1. The summed E-state index contributed by atoms with van der Waals surface area (Å²) in [7, 11) is 0. The maximum Gasteiger partial charge on any atom is 0.279 e. The minimum atomic E-state index is -0.344. The molecule has 0 radical (unpaired) electrons. The molecule has 1 amide bonds. The molecule has 2 aromatic carbocycles. The smallest absolute Gasteiger partial charge is 0.279 e. The Morgan fingerprint density at radius 2 is 1.93 bits per heavy atom. The fourth-order valence-electron chi connectivity index (χ4n) is 3.22. The number of hydrogen-bond donors (Lipinski definition) is 0. The first-order valence-electron chi connectivity index (χ1n) is 9.15. The van der Waals surface area contributed by atoms with Crippen molar-refractivity contribution in [2.45, 2.75) is 6.92 Å². The minimum absolute atomic E-state index is 0.238. The second-order valence-corrected chi connectivity index (χ2v) is 6.95. The molecule has 0 saturated heterocycles. The number of rotatable bonds is 5. The fourth-order valence-corrected chi connectivity index (χ4v) is 3.55. The van der Waals surface area contributed by atoms with E-state index in [0.717, 1.165) is 5.69 Å². The highest BCUT2D eigenvalue weighted by Crippen LogP contribution is 2.29. The largest absolute Gasteiger partial charge is 0.302 e. The van der Waals surface area contributed by atoms with Gasteiger partial charge in [0, 0.05) is 12.1 Å². The quantitative estimate of drug-likeness (QED) is 0.349. The first kappa shape index (κ1) is 19.7. The standard InChI is InChI=1S/C22H17ClFN5O/c1-3-12-28-19-7-5-4-6-17(19)20(22(28)30)26-25-13-18-14(2)27-29(21(18)23)16-10-8-15(24)9-11-16/h3-11,13H,1,12H2,2H3/b25-13+,26-20-. The highest BCUT2D eigenvalue weighted by molar-refractivity contribution is 6.54. The molecule has 0 unspecified atom stereocenters. The van der Waals surface area contributed by atoms with Crippen LogP contribution in [0.25, 0.3) is 5.69 Å². The van der Waals surface area contributed by atoms with Crippen LogP contribution in [0.3, 0.4) is 0 Å². The van der Waals surface area contributed by atoms with Crippen molar-refractivity contribution in [3.8, 4) is 5.69 Å². The van der Waals surface area contributed by atoms with E-state index in [-0.39, 0.29) is 17.4 Å². The molecule has 1 aliphatic heterocycles. The Kier molecular flexibility index (Phi) is 5.29. The van der Waals surface area contributed by atoms with Gasteiger partial charge in [0.15, 0.2) is 5.71 Å². The van der Waals surface area contributed by atoms with Crippen molar-refractivity contribution in [2.75, 3.05) is 11.4 Å². The van der Waals surface area contributed by atoms with E-state index in [9.17, 15) is 9.18 Å². The lowest BCUT2D eigenvalue weighted by Gasteiger charge is -2.13. The average molecular weight is 422 g/mol. The van der Waals surface area contributed by atoms with Crippen molar-refractivity contribution in [3.05, 3.63) is 89.0 Å². The molecule has 3 aromatic rings. The molecule has 2 heterocycles. The van der Waals surface area contributed by atoms with Crippen LogP contribution in [0.4, 0.5) is 10.1 Å². The number of benzene rings is 2. The van der Waals surface area contributed by atoms with Crippen LogP contribution in [0.2, 0.25) is 5.15 Å². The van der Waals surface area contributed by atoms with E-state index in [1.807, 2.05) is 24.3 Å². The lowest BCUT2D eigenvalue weighted by molar-refractivity contribution is -0.112. The van der Waals surface area contributed by atoms with Gasteiger partial charge in [-0.1, -0.05) is 35.9 Å². The molecular formula is C22H17ClFN5O. The van der Waals surface area contributed by atoms with Gasteiger partial charge in [0.25, 0.3) is 5.91 Å². The van der Waals surface area contributed by atoms with Gasteiger partial charge in [-0.3, -0.25) is 4.79 Å². The number of carbonyl (C=O) groups excluding carboxylic acids is 1. The zero-order chi connectivity index (χ0) is 21.3. The summed E-state index contributed by atoms with van der Waals surface area (Å²) in [5.41, 5.74) is 3.55. The molecular weight excluding hydrogens is 405 g/mol. The van der Waals surface area contributed by atoms with Gasteiger partial charge < -0.3 is 4.90 Å². The van der Waals surface area contributed by atoms with Crippen LogP contribution in [0.5, 0.6) is 0 Å². The van der Waals surface area contributed by atoms with E-state index in [1.54, 1.807) is 30.0 Å². The lowest BCUT2D eigenvalue weighted by atomic mass is 10.1. The van der Waals surface area contributed by atoms with Crippen molar-refractivity contribution >= 4 is 35.1 Å². The number of nitrogens with zero attached hydrogens (tertiary/aromatic N) is 5. The molecule has 0 spiro atoms. The summed E-state index contributed by atoms with van der Waals surface area (Å²) < 4.78 is 14.7. The Morgan fingerprint density at radius 3 is 2.67 bits per heavy atom. The molecule has 0 fully saturated rings. The van der Waals surface area contributed by atoms with Crippen LogP contribution in [0.15, 0.2) is 71.4 Å². The average Bonchev–Trinajstić information content (AvgIpc) is 3.17. The first-order valence-corrected chi connectivity index (χ1v) is 9.53. The zero-order valence-electron chi connectivity index (χ0n) is 16.1. The zero-order valence-corrected chi connectivity index (χ0v) is 16.8. The number of aryl methyl sites for hydroxylation is 1. The highest BCUT2D eigenvalue weighted by atomic mass is 35.5. The number of hydrogen-bond acceptors (Lipinski definition) is 4. The van der Waals surface area contributed by atoms with E-state index < -0.39 is 0 Å². The van der Waals surface area contributed by atoms with E-state index >= 15 is 0 Å². The summed E-state index contributed by atoms with van der Waals surface area (Å²) in [5.74, 6) is -0.582. The van der Waals surface area contributed by atoms with Gasteiger partial charge in [-0.05, 0) is 37.3 Å². The number of aromatic nitrogens is 2. The monoisotopic (exact) mass is 421 g/mol. The lowest BCUT2D eigenvalue weighted by Crippen LogP contribution is -2.30. The number of amides is 1. The molecule has 1 aromatic heterocycles. The van der Waals surface area contributed by atoms with Crippen LogP contribution in [0, 0.1) is 12.7 Å². The van der Waals surface area contributed by atoms with Crippen molar-refractivity contribution in [1.29, 1.82) is 0 Å². The molecule has 30 heavy (non-hydrogen) atoms. The van der Waals surface area contributed by atoms with Gasteiger partial charge in [-0.15, -0.1) is 11.7 Å². The molecule has 4 rings (SSSR count). The molecule has 150 valence electrons. The molecule has 0 bridgehead atoms. The Hall–Kier alpha value is -3.58. The summed E-state index contributed by atoms with van der Waals surface area (Å²) in [6.07, 6.45) is 3.12. The maximum absolute atomic E-state index is 13.2. The Labute approximate surface area is 177 Å². The van der Waals surface area contributed by atoms with Crippen LogP contribution < -0.4 is 4.90 Å². The number of halogens is 2. The molecule has 0 saturated carbocycles. The summed E-state index contributed by atoms with van der Waals surface area (Å²) in [5, 5.41) is 13.0. The molecule has 0 N–H and O–H groups in total. The highest BCUT2D eigenvalue weighted by Gasteiger charge is 2.33. The summed E-state index contributed by atoms with van der Waals surface area (Å²) >= 11 is 6.45. The van der Waals surface area contributed by atoms with E-state index in [2.05, 4.69) is 21.9 Å². The second kappa shape index (κ2) is 8.04. The molecule has 6 nitrogen and oxygen atoms in total. The Bertz CT molecular complexity index is 1200. The summed E-state index contributed by atoms with van der Waals surface area (Å²) in [4.78, 5) is 14.3. The minimum Gasteiger partial charge on any atom is -0.302 e. The van der Waals surface area contributed by atoms with E-state index in [0.29, 0.717) is 34.2 Å². The number of anilines is 1. The summed E-state index contributed by atoms with van der Waals surface area (Å²) in [6, 6.07) is 13.2. The number of carbonyl (C=O) groups is 1. The fraction of sp³-hybridized carbons (Fsp3) is 0.0909. The second-order valence-electron chi connectivity index (χ2n) is 6.59. The molecule has 8 heteroatoms. The van der Waals surface area contributed by atoms with Gasteiger partial charge in [0.2, 0.25) is 0 Å². The van der Waals surface area contributed by atoms with Crippen molar-refractivity contribution in [2.24, 2.45) is 10.2 Å². The third-order valence-corrected chi connectivity index (χ3v) is 5.04. The predicted molar refractivity (Wildman–Crippen MR) is 116 cm³/mol. The summed E-state index contributed by atoms with van der Waals surface area (Å²) in [6.45, 7) is 5.86. The van der Waals surface area contributed by atoms with Gasteiger partial charge in [0.05, 0.1) is 28.8 Å². The van der Waals surface area contributed by atoms with Crippen molar-refractivity contribution in [1.82, 2.24) is 9.78 Å². The van der Waals surface area contributed by atoms with Crippen LogP contribution in [-0.2, 0) is 4.79 Å². The SMILES string of the molecule is C=CCN1C(=O)/C(=N\N=C\c2c(C)nn(-c3ccc(F)cc3)c2Cl)c2ccccc21. The predicted octanol–water partition coefficient (Wildman–Crippen LogP) is 4.33. The van der Waals surface area contributed by atoms with Crippen LogP contribution >= 0.6 is 11.6 Å². The third-order valence-electron chi connectivity index (χ3n) is 4.67.